The smallest absolute Gasteiger partial charge is 0.214 e. The number of fused-ring (bicyclic) bond motifs is 1. The van der Waals surface area contributed by atoms with Gasteiger partial charge in [0.05, 0.1) is 42.3 Å². The van der Waals surface area contributed by atoms with Crippen molar-refractivity contribution in [2.24, 2.45) is 0 Å². The molecule has 1 atom stereocenters. The molecule has 0 aliphatic carbocycles. The lowest BCUT2D eigenvalue weighted by atomic mass is 10.1. The van der Waals surface area contributed by atoms with E-state index >= 15 is 0 Å². The predicted octanol–water partition coefficient (Wildman–Crippen LogP) is 3.65. The van der Waals surface area contributed by atoms with Gasteiger partial charge < -0.3 is 14.2 Å². The number of nitrogens with one attached hydrogen (secondary N) is 1. The minimum atomic E-state index is -1.14. The van der Waals surface area contributed by atoms with Gasteiger partial charge >= 0.3 is 0 Å². The Kier molecular flexibility index (Phi) is 6.17. The van der Waals surface area contributed by atoms with E-state index in [1.54, 1.807) is 6.20 Å². The van der Waals surface area contributed by atoms with Crippen LogP contribution < -0.4 is 9.64 Å². The van der Waals surface area contributed by atoms with Crippen molar-refractivity contribution in [3.63, 3.8) is 0 Å². The van der Waals surface area contributed by atoms with Gasteiger partial charge in [-0.3, -0.25) is 5.10 Å². The van der Waals surface area contributed by atoms with Gasteiger partial charge in [-0.15, -0.1) is 4.31 Å². The molecule has 4 aromatic rings. The maximum Gasteiger partial charge on any atom is 0.214 e. The molecule has 1 aliphatic rings. The standard InChI is InChI=1S/C24H26N6O2S/c1-17(2)32-23-15-20-21(16-26-23)27-28-24(20)18-8-9-25-22(14-18)29-10-12-30(13-11-29)33(31)19-6-4-3-5-7-19/h3-9,14-17H,10-13H2,1-2H3,(H,27,28). The lowest BCUT2D eigenvalue weighted by Gasteiger charge is -2.34. The molecule has 170 valence electrons. The van der Waals surface area contributed by atoms with Gasteiger partial charge in [0.2, 0.25) is 5.88 Å². The van der Waals surface area contributed by atoms with Crippen LogP contribution in [0, 0.1) is 0 Å². The summed E-state index contributed by atoms with van der Waals surface area (Å²) in [6, 6.07) is 15.5. The minimum absolute atomic E-state index is 0.0488. The van der Waals surface area contributed by atoms with Gasteiger partial charge in [-0.05, 0) is 38.1 Å². The number of aromatic amines is 1. The molecule has 33 heavy (non-hydrogen) atoms. The first-order valence-electron chi connectivity index (χ1n) is 11.0. The molecule has 1 saturated heterocycles. The van der Waals surface area contributed by atoms with Crippen molar-refractivity contribution >= 4 is 28.1 Å². The van der Waals surface area contributed by atoms with Crippen LogP contribution in [-0.4, -0.2) is 61.3 Å². The number of benzene rings is 1. The highest BCUT2D eigenvalue weighted by Crippen LogP contribution is 2.30. The Morgan fingerprint density at radius 2 is 1.82 bits per heavy atom. The Hall–Kier alpha value is -3.14. The number of H-pyrrole nitrogens is 1. The largest absolute Gasteiger partial charge is 0.593 e. The van der Waals surface area contributed by atoms with E-state index in [1.807, 2.05) is 66.8 Å². The molecule has 8 nitrogen and oxygen atoms in total. The van der Waals surface area contributed by atoms with Crippen LogP contribution in [0.4, 0.5) is 5.82 Å². The molecule has 0 bridgehead atoms. The molecule has 1 unspecified atom stereocenters. The normalized spacial score (nSPS) is 15.8. The Bertz CT molecular complexity index is 1220. The van der Waals surface area contributed by atoms with Crippen molar-refractivity contribution in [1.82, 2.24) is 24.5 Å². The highest BCUT2D eigenvalue weighted by atomic mass is 32.2. The molecular formula is C24H26N6O2S. The second-order valence-corrected chi connectivity index (χ2v) is 9.67. The first-order valence-corrected chi connectivity index (χ1v) is 12.1. The van der Waals surface area contributed by atoms with Crippen LogP contribution in [0.1, 0.15) is 13.8 Å². The lowest BCUT2D eigenvalue weighted by molar-refractivity contribution is 0.233. The van der Waals surface area contributed by atoms with Gasteiger partial charge in [-0.25, -0.2) is 9.97 Å². The van der Waals surface area contributed by atoms with Gasteiger partial charge in [0.15, 0.2) is 4.90 Å². The maximum absolute atomic E-state index is 12.8. The van der Waals surface area contributed by atoms with Crippen LogP contribution in [0.25, 0.3) is 22.2 Å². The Balaban J connectivity index is 1.33. The molecule has 0 radical (unpaired) electrons. The molecule has 0 amide bonds. The second kappa shape index (κ2) is 9.38. The van der Waals surface area contributed by atoms with Crippen molar-refractivity contribution in [2.45, 2.75) is 24.8 Å². The summed E-state index contributed by atoms with van der Waals surface area (Å²) in [6.07, 6.45) is 3.61. The highest BCUT2D eigenvalue weighted by Gasteiger charge is 2.28. The van der Waals surface area contributed by atoms with Crippen LogP contribution >= 0.6 is 0 Å². The van der Waals surface area contributed by atoms with E-state index in [-0.39, 0.29) is 6.10 Å². The second-order valence-electron chi connectivity index (χ2n) is 8.19. The molecule has 5 rings (SSSR count). The van der Waals surface area contributed by atoms with Crippen LogP contribution in [0.3, 0.4) is 0 Å². The fraction of sp³-hybridized carbons (Fsp3) is 0.292. The van der Waals surface area contributed by atoms with Crippen molar-refractivity contribution < 1.29 is 9.29 Å². The molecule has 0 spiro atoms. The summed E-state index contributed by atoms with van der Waals surface area (Å²) in [5.41, 5.74) is 2.67. The monoisotopic (exact) mass is 462 g/mol. The topological polar surface area (TPSA) is 93.2 Å². The maximum atomic E-state index is 12.8. The fourth-order valence-corrected chi connectivity index (χ4v) is 5.11. The summed E-state index contributed by atoms with van der Waals surface area (Å²) in [5.74, 6) is 1.47. The Morgan fingerprint density at radius 3 is 2.58 bits per heavy atom. The Morgan fingerprint density at radius 1 is 1.03 bits per heavy atom. The molecule has 4 heterocycles. The fourth-order valence-electron chi connectivity index (χ4n) is 3.93. The third kappa shape index (κ3) is 4.66. The summed E-state index contributed by atoms with van der Waals surface area (Å²) in [7, 11) is 0. The predicted molar refractivity (Wildman–Crippen MR) is 130 cm³/mol. The average Bonchev–Trinajstić information content (AvgIpc) is 3.27. The molecule has 9 heteroatoms. The summed E-state index contributed by atoms with van der Waals surface area (Å²) < 4.78 is 20.6. The van der Waals surface area contributed by atoms with Gasteiger partial charge in [0.25, 0.3) is 0 Å². The van der Waals surface area contributed by atoms with E-state index in [1.165, 1.54) is 0 Å². The Labute approximate surface area is 195 Å². The van der Waals surface area contributed by atoms with Crippen LogP contribution in [0.5, 0.6) is 5.88 Å². The number of rotatable bonds is 6. The van der Waals surface area contributed by atoms with Crippen LogP contribution in [-0.2, 0) is 11.4 Å². The molecular weight excluding hydrogens is 436 g/mol. The first-order chi connectivity index (χ1) is 16.1. The van der Waals surface area contributed by atoms with E-state index in [9.17, 15) is 4.55 Å². The van der Waals surface area contributed by atoms with E-state index in [2.05, 4.69) is 31.1 Å². The van der Waals surface area contributed by atoms with Crippen LogP contribution in [0.15, 0.2) is 65.8 Å². The van der Waals surface area contributed by atoms with E-state index in [0.717, 1.165) is 46.0 Å². The third-order valence-electron chi connectivity index (χ3n) is 5.54. The number of nitrogens with zero attached hydrogens (tertiary/aromatic N) is 5. The SMILES string of the molecule is CC(C)Oc1cc2c(-c3ccnc(N4CCN([S+]([O-])c5ccccc5)CC4)c3)n[nH]c2cn1. The zero-order valence-electron chi connectivity index (χ0n) is 18.6. The number of aromatic nitrogens is 4. The van der Waals surface area contributed by atoms with Crippen molar-refractivity contribution in [3.8, 4) is 17.1 Å². The summed E-state index contributed by atoms with van der Waals surface area (Å²) >= 11 is -1.14. The summed E-state index contributed by atoms with van der Waals surface area (Å²) in [6.45, 7) is 6.89. The van der Waals surface area contributed by atoms with Crippen LogP contribution in [0.2, 0.25) is 0 Å². The van der Waals surface area contributed by atoms with Gasteiger partial charge in [0.1, 0.15) is 11.5 Å². The number of hydrogen-bond acceptors (Lipinski definition) is 7. The first kappa shape index (κ1) is 21.7. The lowest BCUT2D eigenvalue weighted by Crippen LogP contribution is -2.48. The summed E-state index contributed by atoms with van der Waals surface area (Å²) in [4.78, 5) is 12.0. The van der Waals surface area contributed by atoms with Crippen molar-refractivity contribution in [3.05, 3.63) is 60.9 Å². The summed E-state index contributed by atoms with van der Waals surface area (Å²) in [5, 5.41) is 8.54. The zero-order valence-corrected chi connectivity index (χ0v) is 19.5. The highest BCUT2D eigenvalue weighted by molar-refractivity contribution is 7.89. The van der Waals surface area contributed by atoms with E-state index in [0.29, 0.717) is 19.0 Å². The quantitative estimate of drug-likeness (QED) is 0.437. The minimum Gasteiger partial charge on any atom is -0.593 e. The van der Waals surface area contributed by atoms with Gasteiger partial charge in [0, 0.05) is 36.3 Å². The molecule has 1 aromatic carbocycles. The zero-order chi connectivity index (χ0) is 22.8. The molecule has 0 saturated carbocycles. The third-order valence-corrected chi connectivity index (χ3v) is 7.05. The van der Waals surface area contributed by atoms with Crippen molar-refractivity contribution in [2.75, 3.05) is 31.1 Å². The van der Waals surface area contributed by atoms with Crippen molar-refractivity contribution in [1.29, 1.82) is 0 Å². The molecule has 1 fully saturated rings. The number of piperazine rings is 1. The van der Waals surface area contributed by atoms with Gasteiger partial charge in [-0.1, -0.05) is 18.2 Å². The number of pyridine rings is 2. The van der Waals surface area contributed by atoms with E-state index in [4.69, 9.17) is 4.74 Å². The average molecular weight is 463 g/mol. The molecule has 1 aliphatic heterocycles. The van der Waals surface area contributed by atoms with Gasteiger partial charge in [-0.2, -0.15) is 5.10 Å². The number of hydrogen-bond donors (Lipinski definition) is 1. The number of ether oxygens (including phenoxy) is 1. The number of anilines is 1. The van der Waals surface area contributed by atoms with E-state index < -0.39 is 11.4 Å². The molecule has 3 aromatic heterocycles. The molecule has 1 N–H and O–H groups in total.